The molecule has 0 saturated heterocycles. The van der Waals surface area contributed by atoms with Crippen LogP contribution in [0.4, 0.5) is 0 Å². The number of ether oxygens (including phenoxy) is 2. The highest BCUT2D eigenvalue weighted by atomic mass is 16.5. The maximum Gasteiger partial charge on any atom is 0.218 e. The predicted octanol–water partition coefficient (Wildman–Crippen LogP) is 2.92. The normalized spacial score (nSPS) is 14.0. The second-order valence-electron chi connectivity index (χ2n) is 5.26. The third-order valence-corrected chi connectivity index (χ3v) is 3.52. The molecule has 0 atom stereocenters. The Morgan fingerprint density at radius 2 is 2.14 bits per heavy atom. The van der Waals surface area contributed by atoms with E-state index in [0.717, 1.165) is 23.4 Å². The van der Waals surface area contributed by atoms with Gasteiger partial charge in [-0.3, -0.25) is 0 Å². The van der Waals surface area contributed by atoms with Crippen LogP contribution in [0.5, 0.6) is 11.6 Å². The molecule has 2 aromatic rings. The van der Waals surface area contributed by atoms with E-state index in [1.54, 1.807) is 13.3 Å². The molecule has 1 aliphatic carbocycles. The lowest BCUT2D eigenvalue weighted by molar-refractivity contribution is 0.288. The van der Waals surface area contributed by atoms with Crippen LogP contribution in [0.3, 0.4) is 0 Å². The van der Waals surface area contributed by atoms with Crippen LogP contribution in [0.25, 0.3) is 0 Å². The molecule has 1 aromatic heterocycles. The van der Waals surface area contributed by atoms with Crippen molar-refractivity contribution in [1.82, 2.24) is 10.3 Å². The van der Waals surface area contributed by atoms with Gasteiger partial charge in [0, 0.05) is 24.3 Å². The van der Waals surface area contributed by atoms with E-state index in [4.69, 9.17) is 9.47 Å². The Balaban J connectivity index is 1.63. The summed E-state index contributed by atoms with van der Waals surface area (Å²) in [5.74, 6) is 1.54. The van der Waals surface area contributed by atoms with Gasteiger partial charge in [-0.2, -0.15) is 0 Å². The minimum atomic E-state index is 0.491. The van der Waals surface area contributed by atoms with Gasteiger partial charge < -0.3 is 14.8 Å². The van der Waals surface area contributed by atoms with E-state index >= 15 is 0 Å². The van der Waals surface area contributed by atoms with Crippen molar-refractivity contribution < 1.29 is 9.47 Å². The van der Waals surface area contributed by atoms with E-state index in [1.165, 1.54) is 12.8 Å². The highest BCUT2D eigenvalue weighted by Gasteiger charge is 2.20. The predicted molar refractivity (Wildman–Crippen MR) is 81.4 cm³/mol. The van der Waals surface area contributed by atoms with Gasteiger partial charge in [0.1, 0.15) is 12.4 Å². The zero-order valence-electron chi connectivity index (χ0n) is 12.2. The molecule has 1 fully saturated rings. The van der Waals surface area contributed by atoms with Gasteiger partial charge in [-0.25, -0.2) is 4.98 Å². The van der Waals surface area contributed by atoms with Crippen LogP contribution in [-0.2, 0) is 13.2 Å². The summed E-state index contributed by atoms with van der Waals surface area (Å²) >= 11 is 0. The Kier molecular flexibility index (Phi) is 4.36. The first-order chi connectivity index (χ1) is 10.3. The summed E-state index contributed by atoms with van der Waals surface area (Å²) < 4.78 is 11.1. The number of hydrogen-bond acceptors (Lipinski definition) is 4. The van der Waals surface area contributed by atoms with Crippen molar-refractivity contribution in [3.05, 3.63) is 53.7 Å². The second kappa shape index (κ2) is 6.59. The van der Waals surface area contributed by atoms with Gasteiger partial charge >= 0.3 is 0 Å². The van der Waals surface area contributed by atoms with E-state index in [-0.39, 0.29) is 0 Å². The number of nitrogens with one attached hydrogen (secondary N) is 1. The van der Waals surface area contributed by atoms with Crippen LogP contribution in [0, 0.1) is 0 Å². The average Bonchev–Trinajstić information content (AvgIpc) is 3.36. The number of pyridine rings is 1. The molecule has 1 aromatic carbocycles. The number of methoxy groups -OCH3 is 1. The highest BCUT2D eigenvalue weighted by molar-refractivity contribution is 5.29. The summed E-state index contributed by atoms with van der Waals surface area (Å²) in [6, 6.07) is 12.6. The Hall–Kier alpha value is -2.07. The van der Waals surface area contributed by atoms with Crippen molar-refractivity contribution in [1.29, 1.82) is 0 Å². The maximum atomic E-state index is 5.87. The molecule has 0 amide bonds. The molecule has 110 valence electrons. The van der Waals surface area contributed by atoms with Crippen molar-refractivity contribution >= 4 is 0 Å². The molecule has 1 heterocycles. The number of aromatic nitrogens is 1. The fraction of sp³-hybridized carbons (Fsp3) is 0.353. The van der Waals surface area contributed by atoms with E-state index in [0.29, 0.717) is 18.5 Å². The van der Waals surface area contributed by atoms with Gasteiger partial charge in [-0.1, -0.05) is 18.2 Å². The standard InChI is InChI=1S/C17H20N2O2/c1-20-16-6-2-4-13(10-16)12-21-17-14(5-3-9-18-17)11-19-15-7-8-15/h2-6,9-10,15,19H,7-8,11-12H2,1H3. The van der Waals surface area contributed by atoms with Gasteiger partial charge in [0.25, 0.3) is 0 Å². The summed E-state index contributed by atoms with van der Waals surface area (Å²) in [6.45, 7) is 1.30. The summed E-state index contributed by atoms with van der Waals surface area (Å²) in [7, 11) is 1.67. The molecule has 4 nitrogen and oxygen atoms in total. The molecular weight excluding hydrogens is 264 g/mol. The quantitative estimate of drug-likeness (QED) is 0.849. The molecular formula is C17H20N2O2. The van der Waals surface area contributed by atoms with Crippen LogP contribution < -0.4 is 14.8 Å². The van der Waals surface area contributed by atoms with Crippen molar-refractivity contribution in [2.75, 3.05) is 7.11 Å². The zero-order chi connectivity index (χ0) is 14.5. The fourth-order valence-electron chi connectivity index (χ4n) is 2.14. The van der Waals surface area contributed by atoms with Crippen LogP contribution >= 0.6 is 0 Å². The Bertz CT molecular complexity index is 597. The van der Waals surface area contributed by atoms with Crippen LogP contribution in [0.2, 0.25) is 0 Å². The maximum absolute atomic E-state index is 5.87. The summed E-state index contributed by atoms with van der Waals surface area (Å²) in [5.41, 5.74) is 2.17. The van der Waals surface area contributed by atoms with Crippen molar-refractivity contribution in [2.45, 2.75) is 32.0 Å². The smallest absolute Gasteiger partial charge is 0.218 e. The molecule has 1 N–H and O–H groups in total. The summed E-state index contributed by atoms with van der Waals surface area (Å²) in [4.78, 5) is 4.34. The van der Waals surface area contributed by atoms with Gasteiger partial charge in [0.15, 0.2) is 0 Å². The first kappa shape index (κ1) is 13.9. The summed E-state index contributed by atoms with van der Waals surface area (Å²) in [5, 5.41) is 3.49. The van der Waals surface area contributed by atoms with Gasteiger partial charge in [0.05, 0.1) is 7.11 Å². The van der Waals surface area contributed by atoms with Crippen LogP contribution in [0.1, 0.15) is 24.0 Å². The van der Waals surface area contributed by atoms with Crippen molar-refractivity contribution in [3.63, 3.8) is 0 Å². The molecule has 21 heavy (non-hydrogen) atoms. The zero-order valence-corrected chi connectivity index (χ0v) is 12.2. The first-order valence-corrected chi connectivity index (χ1v) is 7.28. The molecule has 1 saturated carbocycles. The van der Waals surface area contributed by atoms with Crippen molar-refractivity contribution in [3.8, 4) is 11.6 Å². The highest BCUT2D eigenvalue weighted by Crippen LogP contribution is 2.22. The topological polar surface area (TPSA) is 43.4 Å². The molecule has 1 aliphatic rings. The SMILES string of the molecule is COc1cccc(COc2ncccc2CNC2CC2)c1. The number of rotatable bonds is 7. The molecule has 3 rings (SSSR count). The Labute approximate surface area is 125 Å². The minimum Gasteiger partial charge on any atom is -0.497 e. The molecule has 0 unspecified atom stereocenters. The lowest BCUT2D eigenvalue weighted by Gasteiger charge is -2.11. The number of nitrogens with zero attached hydrogens (tertiary/aromatic N) is 1. The largest absolute Gasteiger partial charge is 0.497 e. The van der Waals surface area contributed by atoms with E-state index < -0.39 is 0 Å². The third kappa shape index (κ3) is 3.95. The minimum absolute atomic E-state index is 0.491. The van der Waals surface area contributed by atoms with E-state index in [9.17, 15) is 0 Å². The van der Waals surface area contributed by atoms with Crippen molar-refractivity contribution in [2.24, 2.45) is 0 Å². The molecule has 0 aliphatic heterocycles. The van der Waals surface area contributed by atoms with Crippen LogP contribution in [-0.4, -0.2) is 18.1 Å². The average molecular weight is 284 g/mol. The lowest BCUT2D eigenvalue weighted by atomic mass is 10.2. The van der Waals surface area contributed by atoms with E-state index in [1.807, 2.05) is 30.3 Å². The van der Waals surface area contributed by atoms with E-state index in [2.05, 4.69) is 16.4 Å². The molecule has 0 spiro atoms. The Morgan fingerprint density at radius 3 is 2.95 bits per heavy atom. The lowest BCUT2D eigenvalue weighted by Crippen LogP contribution is -2.16. The fourth-order valence-corrected chi connectivity index (χ4v) is 2.14. The monoisotopic (exact) mass is 284 g/mol. The Morgan fingerprint density at radius 1 is 1.24 bits per heavy atom. The number of benzene rings is 1. The van der Waals surface area contributed by atoms with Gasteiger partial charge in [0.2, 0.25) is 5.88 Å². The molecule has 4 heteroatoms. The molecule has 0 radical (unpaired) electrons. The number of hydrogen-bond donors (Lipinski definition) is 1. The first-order valence-electron chi connectivity index (χ1n) is 7.28. The van der Waals surface area contributed by atoms with Gasteiger partial charge in [-0.15, -0.1) is 0 Å². The molecule has 0 bridgehead atoms. The third-order valence-electron chi connectivity index (χ3n) is 3.52. The van der Waals surface area contributed by atoms with Gasteiger partial charge in [-0.05, 0) is 36.6 Å². The van der Waals surface area contributed by atoms with Crippen LogP contribution in [0.15, 0.2) is 42.6 Å². The second-order valence-corrected chi connectivity index (χ2v) is 5.26. The summed E-state index contributed by atoms with van der Waals surface area (Å²) in [6.07, 6.45) is 4.32.